The van der Waals surface area contributed by atoms with Crippen LogP contribution < -0.4 is 5.32 Å². The van der Waals surface area contributed by atoms with Crippen LogP contribution in [0.5, 0.6) is 0 Å². The van der Waals surface area contributed by atoms with Crippen molar-refractivity contribution in [1.82, 2.24) is 15.2 Å². The maximum atomic E-state index is 11.6. The first-order valence-corrected chi connectivity index (χ1v) is 9.39. The number of aryl methyl sites for hydroxylation is 2. The lowest BCUT2D eigenvalue weighted by atomic mass is 9.97. The summed E-state index contributed by atoms with van der Waals surface area (Å²) in [5.74, 6) is 0.834. The van der Waals surface area contributed by atoms with E-state index in [2.05, 4.69) is 34.0 Å². The average molecular weight is 480 g/mol. The van der Waals surface area contributed by atoms with Gasteiger partial charge in [-0.05, 0) is 26.2 Å². The number of guanidine groups is 1. The summed E-state index contributed by atoms with van der Waals surface area (Å²) in [4.78, 5) is 24.2. The SMILES string of the molecule is CCc1nc(CCNC(=NC)N2CCC(C(=O)OC)CC2)sc1C.I. The molecule has 0 unspecified atom stereocenters. The minimum absolute atomic E-state index is 0. The molecule has 1 aromatic rings. The number of hydrogen-bond donors (Lipinski definition) is 1. The summed E-state index contributed by atoms with van der Waals surface area (Å²) in [5, 5.41) is 4.60. The van der Waals surface area contributed by atoms with Crippen LogP contribution in [0.15, 0.2) is 4.99 Å². The molecule has 142 valence electrons. The van der Waals surface area contributed by atoms with Crippen molar-refractivity contribution in [1.29, 1.82) is 0 Å². The van der Waals surface area contributed by atoms with Gasteiger partial charge in [-0.25, -0.2) is 4.98 Å². The van der Waals surface area contributed by atoms with E-state index >= 15 is 0 Å². The van der Waals surface area contributed by atoms with Crippen LogP contribution in [-0.2, 0) is 22.4 Å². The fourth-order valence-corrected chi connectivity index (χ4v) is 4.05. The summed E-state index contributed by atoms with van der Waals surface area (Å²) < 4.78 is 4.84. The molecule has 2 heterocycles. The molecule has 0 radical (unpaired) electrons. The third kappa shape index (κ3) is 6.09. The summed E-state index contributed by atoms with van der Waals surface area (Å²) in [5.41, 5.74) is 1.21. The number of methoxy groups -OCH3 is 1. The molecule has 1 aromatic heterocycles. The first-order valence-electron chi connectivity index (χ1n) is 8.57. The van der Waals surface area contributed by atoms with Gasteiger partial charge < -0.3 is 15.0 Å². The molecule has 25 heavy (non-hydrogen) atoms. The van der Waals surface area contributed by atoms with E-state index in [0.717, 1.165) is 51.3 Å². The highest BCUT2D eigenvalue weighted by Crippen LogP contribution is 2.19. The van der Waals surface area contributed by atoms with Gasteiger partial charge in [0.1, 0.15) is 0 Å². The van der Waals surface area contributed by atoms with E-state index in [1.165, 1.54) is 22.7 Å². The van der Waals surface area contributed by atoms with Crippen LogP contribution in [-0.4, -0.2) is 55.6 Å². The molecule has 6 nitrogen and oxygen atoms in total. The molecule has 1 fully saturated rings. The predicted molar refractivity (Wildman–Crippen MR) is 113 cm³/mol. The van der Waals surface area contributed by atoms with Crippen molar-refractivity contribution in [2.45, 2.75) is 39.5 Å². The average Bonchev–Trinajstić information content (AvgIpc) is 2.98. The molecule has 0 aromatic carbocycles. The van der Waals surface area contributed by atoms with Crippen molar-refractivity contribution < 1.29 is 9.53 Å². The number of nitrogens with zero attached hydrogens (tertiary/aromatic N) is 3. The maximum Gasteiger partial charge on any atom is 0.308 e. The number of ether oxygens (including phenoxy) is 1. The second-order valence-corrected chi connectivity index (χ2v) is 7.26. The lowest BCUT2D eigenvalue weighted by Crippen LogP contribution is -2.47. The highest BCUT2D eigenvalue weighted by molar-refractivity contribution is 14.0. The second kappa shape index (κ2) is 10.9. The van der Waals surface area contributed by atoms with Gasteiger partial charge in [-0.1, -0.05) is 6.92 Å². The third-order valence-electron chi connectivity index (χ3n) is 4.43. The van der Waals surface area contributed by atoms with Crippen LogP contribution in [0, 0.1) is 12.8 Å². The lowest BCUT2D eigenvalue weighted by molar-refractivity contribution is -0.146. The Bertz CT molecular complexity index is 583. The molecule has 0 bridgehead atoms. The topological polar surface area (TPSA) is 66.8 Å². The highest BCUT2D eigenvalue weighted by Gasteiger charge is 2.26. The van der Waals surface area contributed by atoms with Crippen LogP contribution in [0.3, 0.4) is 0 Å². The third-order valence-corrected chi connectivity index (χ3v) is 5.51. The number of carbonyl (C=O) groups is 1. The fourth-order valence-electron chi connectivity index (χ4n) is 3.03. The van der Waals surface area contributed by atoms with E-state index in [0.29, 0.717) is 0 Å². The molecular weight excluding hydrogens is 451 g/mol. The van der Waals surface area contributed by atoms with Gasteiger partial charge in [-0.3, -0.25) is 9.79 Å². The largest absolute Gasteiger partial charge is 0.469 e. The Morgan fingerprint density at radius 3 is 2.64 bits per heavy atom. The van der Waals surface area contributed by atoms with Crippen molar-refractivity contribution in [2.75, 3.05) is 33.8 Å². The van der Waals surface area contributed by atoms with E-state index in [1.54, 1.807) is 18.4 Å². The number of hydrogen-bond acceptors (Lipinski definition) is 5. The van der Waals surface area contributed by atoms with Gasteiger partial charge in [-0.2, -0.15) is 0 Å². The molecule has 0 amide bonds. The van der Waals surface area contributed by atoms with Crippen molar-refractivity contribution in [3.8, 4) is 0 Å². The molecule has 1 saturated heterocycles. The number of piperidine rings is 1. The van der Waals surface area contributed by atoms with Crippen molar-refractivity contribution in [3.05, 3.63) is 15.6 Å². The predicted octanol–water partition coefficient (Wildman–Crippen LogP) is 2.63. The van der Waals surface area contributed by atoms with Crippen LogP contribution in [0.25, 0.3) is 0 Å². The quantitative estimate of drug-likeness (QED) is 0.304. The minimum atomic E-state index is -0.0940. The summed E-state index contributed by atoms with van der Waals surface area (Å²) in [6.45, 7) is 6.76. The van der Waals surface area contributed by atoms with Crippen LogP contribution in [0.1, 0.15) is 35.3 Å². The molecule has 0 saturated carbocycles. The zero-order chi connectivity index (χ0) is 17.5. The van der Waals surface area contributed by atoms with Gasteiger partial charge in [0.25, 0.3) is 0 Å². The number of rotatable bonds is 5. The van der Waals surface area contributed by atoms with E-state index in [1.807, 2.05) is 0 Å². The van der Waals surface area contributed by atoms with Gasteiger partial charge >= 0.3 is 5.97 Å². The van der Waals surface area contributed by atoms with Crippen LogP contribution in [0.2, 0.25) is 0 Å². The first kappa shape index (κ1) is 22.1. The summed E-state index contributed by atoms with van der Waals surface area (Å²) in [6, 6.07) is 0. The Balaban J connectivity index is 0.00000312. The molecule has 0 atom stereocenters. The summed E-state index contributed by atoms with van der Waals surface area (Å²) in [6.07, 6.45) is 3.54. The molecule has 8 heteroatoms. The number of thiazole rings is 1. The molecule has 0 spiro atoms. The standard InChI is InChI=1S/C17H28N4O2S.HI/c1-5-14-12(2)24-15(20-14)6-9-19-17(18-3)21-10-7-13(8-11-21)16(22)23-4;/h13H,5-11H2,1-4H3,(H,18,19);1H. The number of likely N-dealkylation sites (tertiary alicyclic amines) is 1. The number of halogens is 1. The molecule has 1 aliphatic rings. The maximum absolute atomic E-state index is 11.6. The summed E-state index contributed by atoms with van der Waals surface area (Å²) in [7, 11) is 3.26. The van der Waals surface area contributed by atoms with Crippen molar-refractivity contribution >= 4 is 47.2 Å². The zero-order valence-electron chi connectivity index (χ0n) is 15.5. The molecular formula is C17H29IN4O2S. The van der Waals surface area contributed by atoms with Crippen LogP contribution in [0.4, 0.5) is 0 Å². The molecule has 1 N–H and O–H groups in total. The van der Waals surface area contributed by atoms with Gasteiger partial charge in [-0.15, -0.1) is 35.3 Å². The summed E-state index contributed by atoms with van der Waals surface area (Å²) >= 11 is 1.78. The molecule has 1 aliphatic heterocycles. The van der Waals surface area contributed by atoms with Gasteiger partial charge in [0.15, 0.2) is 5.96 Å². The van der Waals surface area contributed by atoms with E-state index < -0.39 is 0 Å². The highest BCUT2D eigenvalue weighted by atomic mass is 127. The van der Waals surface area contributed by atoms with Gasteiger partial charge in [0.05, 0.1) is 23.7 Å². The van der Waals surface area contributed by atoms with E-state index in [9.17, 15) is 4.79 Å². The number of esters is 1. The Kier molecular flexibility index (Phi) is 9.70. The monoisotopic (exact) mass is 480 g/mol. The molecule has 2 rings (SSSR count). The normalized spacial score (nSPS) is 15.7. The Labute approximate surface area is 171 Å². The number of carbonyl (C=O) groups excluding carboxylic acids is 1. The number of aromatic nitrogens is 1. The molecule has 0 aliphatic carbocycles. The first-order chi connectivity index (χ1) is 11.6. The Morgan fingerprint density at radius 1 is 1.44 bits per heavy atom. The Morgan fingerprint density at radius 2 is 2.12 bits per heavy atom. The van der Waals surface area contributed by atoms with Crippen molar-refractivity contribution in [2.24, 2.45) is 10.9 Å². The van der Waals surface area contributed by atoms with Gasteiger partial charge in [0.2, 0.25) is 0 Å². The second-order valence-electron chi connectivity index (χ2n) is 5.97. The lowest BCUT2D eigenvalue weighted by Gasteiger charge is -2.33. The zero-order valence-corrected chi connectivity index (χ0v) is 18.6. The number of aliphatic imine (C=N–C) groups is 1. The number of nitrogens with one attached hydrogen (secondary N) is 1. The van der Waals surface area contributed by atoms with Crippen LogP contribution >= 0.6 is 35.3 Å². The van der Waals surface area contributed by atoms with Gasteiger partial charge in [0, 0.05) is 38.0 Å². The van der Waals surface area contributed by atoms with Crippen molar-refractivity contribution in [3.63, 3.8) is 0 Å². The fraction of sp³-hybridized carbons (Fsp3) is 0.706. The minimum Gasteiger partial charge on any atom is -0.469 e. The smallest absolute Gasteiger partial charge is 0.308 e. The Hall–Kier alpha value is -0.900. The van der Waals surface area contributed by atoms with E-state index in [-0.39, 0.29) is 35.9 Å². The van der Waals surface area contributed by atoms with E-state index in [4.69, 9.17) is 4.74 Å².